The smallest absolute Gasteiger partial charge is 0.257 e. The van der Waals surface area contributed by atoms with Gasteiger partial charge in [-0.3, -0.25) is 4.79 Å². The molecule has 0 aliphatic carbocycles. The number of hydrogen-bond donors (Lipinski definition) is 0. The van der Waals surface area contributed by atoms with Crippen molar-refractivity contribution in [1.29, 1.82) is 0 Å². The van der Waals surface area contributed by atoms with Gasteiger partial charge in [-0.1, -0.05) is 0 Å². The lowest BCUT2D eigenvalue weighted by atomic mass is 10.1. The van der Waals surface area contributed by atoms with E-state index in [-0.39, 0.29) is 5.91 Å². The first kappa shape index (κ1) is 18.0. The second-order valence-electron chi connectivity index (χ2n) is 5.85. The fourth-order valence-electron chi connectivity index (χ4n) is 2.95. The third-order valence-electron chi connectivity index (χ3n) is 4.20. The van der Waals surface area contributed by atoms with Crippen LogP contribution < -0.4 is 14.4 Å². The van der Waals surface area contributed by atoms with Gasteiger partial charge in [0.05, 0.1) is 18.8 Å². The van der Waals surface area contributed by atoms with Gasteiger partial charge in [-0.15, -0.1) is 0 Å². The molecule has 1 aliphatic rings. The van der Waals surface area contributed by atoms with Gasteiger partial charge in [-0.05, 0) is 32.0 Å². The Balaban J connectivity index is 1.70. The van der Waals surface area contributed by atoms with Crippen LogP contribution in [0.4, 0.5) is 5.95 Å². The summed E-state index contributed by atoms with van der Waals surface area (Å²) in [6, 6.07) is 7.18. The van der Waals surface area contributed by atoms with Crippen molar-refractivity contribution < 1.29 is 14.3 Å². The van der Waals surface area contributed by atoms with E-state index in [1.165, 1.54) is 0 Å². The number of nitrogens with zero attached hydrogens (tertiary/aromatic N) is 4. The molecule has 26 heavy (non-hydrogen) atoms. The summed E-state index contributed by atoms with van der Waals surface area (Å²) in [6.07, 6.45) is 3.46. The van der Waals surface area contributed by atoms with Crippen molar-refractivity contribution >= 4 is 11.9 Å². The van der Waals surface area contributed by atoms with E-state index in [9.17, 15) is 4.79 Å². The molecule has 0 saturated carbocycles. The molecule has 1 saturated heterocycles. The van der Waals surface area contributed by atoms with Crippen molar-refractivity contribution in [2.45, 2.75) is 13.8 Å². The molecule has 2 heterocycles. The molecule has 2 aromatic rings. The van der Waals surface area contributed by atoms with Gasteiger partial charge in [0.25, 0.3) is 5.91 Å². The molecule has 1 aromatic carbocycles. The molecule has 138 valence electrons. The number of piperazine rings is 1. The first-order valence-corrected chi connectivity index (χ1v) is 8.93. The lowest BCUT2D eigenvalue weighted by Gasteiger charge is -2.34. The van der Waals surface area contributed by atoms with Crippen LogP contribution in [0.5, 0.6) is 11.5 Å². The molecule has 7 nitrogen and oxygen atoms in total. The molecule has 0 bridgehead atoms. The molecule has 7 heteroatoms. The van der Waals surface area contributed by atoms with Crippen molar-refractivity contribution in [3.8, 4) is 11.5 Å². The largest absolute Gasteiger partial charge is 0.494 e. The predicted octanol–water partition coefficient (Wildman–Crippen LogP) is 2.24. The Kier molecular flexibility index (Phi) is 5.88. The zero-order valence-corrected chi connectivity index (χ0v) is 15.2. The zero-order chi connectivity index (χ0) is 18.4. The minimum Gasteiger partial charge on any atom is -0.494 e. The molecule has 0 spiro atoms. The fourth-order valence-corrected chi connectivity index (χ4v) is 2.95. The van der Waals surface area contributed by atoms with Crippen LogP contribution in [-0.2, 0) is 0 Å². The highest BCUT2D eigenvalue weighted by Gasteiger charge is 2.25. The number of aromatic nitrogens is 2. The highest BCUT2D eigenvalue weighted by Crippen LogP contribution is 2.27. The van der Waals surface area contributed by atoms with Crippen LogP contribution in [-0.4, -0.2) is 60.2 Å². The summed E-state index contributed by atoms with van der Waals surface area (Å²) in [4.78, 5) is 25.4. The second kappa shape index (κ2) is 8.51. The first-order chi connectivity index (χ1) is 12.7. The maximum absolute atomic E-state index is 13.0. The standard InChI is InChI=1S/C19H24N4O3/c1-3-25-15-6-7-16(17(14-15)26-4-2)18(24)22-10-12-23(13-11-22)19-20-8-5-9-21-19/h5-9,14H,3-4,10-13H2,1-2H3. The Morgan fingerprint density at radius 2 is 1.73 bits per heavy atom. The maximum atomic E-state index is 13.0. The molecular formula is C19H24N4O3. The lowest BCUT2D eigenvalue weighted by Crippen LogP contribution is -2.49. The van der Waals surface area contributed by atoms with Crippen molar-refractivity contribution in [2.24, 2.45) is 0 Å². The summed E-state index contributed by atoms with van der Waals surface area (Å²) in [5.74, 6) is 1.96. The van der Waals surface area contributed by atoms with Crippen LogP contribution in [0.25, 0.3) is 0 Å². The zero-order valence-electron chi connectivity index (χ0n) is 15.2. The van der Waals surface area contributed by atoms with Crippen molar-refractivity contribution in [2.75, 3.05) is 44.3 Å². The van der Waals surface area contributed by atoms with Gasteiger partial charge in [0.2, 0.25) is 5.95 Å². The number of anilines is 1. The lowest BCUT2D eigenvalue weighted by molar-refractivity contribution is 0.0742. The molecule has 1 aliphatic heterocycles. The number of amides is 1. The van der Waals surface area contributed by atoms with Crippen molar-refractivity contribution in [3.05, 3.63) is 42.2 Å². The van der Waals surface area contributed by atoms with Gasteiger partial charge in [0.1, 0.15) is 11.5 Å². The summed E-state index contributed by atoms with van der Waals surface area (Å²) < 4.78 is 11.2. The van der Waals surface area contributed by atoms with E-state index in [4.69, 9.17) is 9.47 Å². The Morgan fingerprint density at radius 1 is 1.04 bits per heavy atom. The molecule has 0 atom stereocenters. The number of carbonyl (C=O) groups is 1. The van der Waals surface area contributed by atoms with Crippen molar-refractivity contribution in [3.63, 3.8) is 0 Å². The third kappa shape index (κ3) is 4.04. The van der Waals surface area contributed by atoms with Gasteiger partial charge in [0, 0.05) is 44.6 Å². The molecule has 0 unspecified atom stereocenters. The van der Waals surface area contributed by atoms with E-state index >= 15 is 0 Å². The molecule has 3 rings (SSSR count). The fraction of sp³-hybridized carbons (Fsp3) is 0.421. The van der Waals surface area contributed by atoms with Crippen LogP contribution in [0.15, 0.2) is 36.7 Å². The van der Waals surface area contributed by atoms with E-state index in [0.717, 1.165) is 0 Å². The molecule has 0 radical (unpaired) electrons. The Bertz CT molecular complexity index is 731. The van der Waals surface area contributed by atoms with Gasteiger partial charge < -0.3 is 19.3 Å². The van der Waals surface area contributed by atoms with Gasteiger partial charge in [-0.2, -0.15) is 0 Å². The van der Waals surface area contributed by atoms with Crippen LogP contribution >= 0.6 is 0 Å². The Morgan fingerprint density at radius 3 is 2.38 bits per heavy atom. The number of rotatable bonds is 6. The third-order valence-corrected chi connectivity index (χ3v) is 4.20. The Hall–Kier alpha value is -2.83. The minimum atomic E-state index is -0.0230. The topological polar surface area (TPSA) is 67.8 Å². The molecule has 1 amide bonds. The molecular weight excluding hydrogens is 332 g/mol. The van der Waals surface area contributed by atoms with E-state index in [2.05, 4.69) is 14.9 Å². The summed E-state index contributed by atoms with van der Waals surface area (Å²) >= 11 is 0. The number of hydrogen-bond acceptors (Lipinski definition) is 6. The van der Waals surface area contributed by atoms with Crippen LogP contribution in [0.3, 0.4) is 0 Å². The van der Waals surface area contributed by atoms with Gasteiger partial charge >= 0.3 is 0 Å². The van der Waals surface area contributed by atoms with Crippen LogP contribution in [0.1, 0.15) is 24.2 Å². The highest BCUT2D eigenvalue weighted by atomic mass is 16.5. The average Bonchev–Trinajstić information content (AvgIpc) is 2.69. The maximum Gasteiger partial charge on any atom is 0.257 e. The van der Waals surface area contributed by atoms with E-state index < -0.39 is 0 Å². The average molecular weight is 356 g/mol. The molecule has 1 aromatic heterocycles. The number of benzene rings is 1. The van der Waals surface area contributed by atoms with Crippen LogP contribution in [0, 0.1) is 0 Å². The van der Waals surface area contributed by atoms with E-state index in [1.807, 2.05) is 24.8 Å². The minimum absolute atomic E-state index is 0.0230. The highest BCUT2D eigenvalue weighted by molar-refractivity contribution is 5.97. The summed E-state index contributed by atoms with van der Waals surface area (Å²) in [6.45, 7) is 7.55. The first-order valence-electron chi connectivity index (χ1n) is 8.93. The molecule has 1 fully saturated rings. The quantitative estimate of drug-likeness (QED) is 0.791. The monoisotopic (exact) mass is 356 g/mol. The summed E-state index contributed by atoms with van der Waals surface area (Å²) in [5.41, 5.74) is 0.569. The van der Waals surface area contributed by atoms with E-state index in [0.29, 0.717) is 62.4 Å². The number of carbonyl (C=O) groups excluding carboxylic acids is 1. The van der Waals surface area contributed by atoms with E-state index in [1.54, 1.807) is 30.6 Å². The Labute approximate surface area is 153 Å². The van der Waals surface area contributed by atoms with Crippen LogP contribution in [0.2, 0.25) is 0 Å². The summed E-state index contributed by atoms with van der Waals surface area (Å²) in [5, 5.41) is 0. The van der Waals surface area contributed by atoms with Crippen molar-refractivity contribution in [1.82, 2.24) is 14.9 Å². The van der Waals surface area contributed by atoms with Gasteiger partial charge in [0.15, 0.2) is 0 Å². The second-order valence-corrected chi connectivity index (χ2v) is 5.85. The SMILES string of the molecule is CCOc1ccc(C(=O)N2CCN(c3ncccn3)CC2)c(OCC)c1. The normalized spacial score (nSPS) is 14.2. The van der Waals surface area contributed by atoms with Gasteiger partial charge in [-0.25, -0.2) is 9.97 Å². The number of ether oxygens (including phenoxy) is 2. The predicted molar refractivity (Wildman–Crippen MR) is 98.9 cm³/mol. The molecule has 0 N–H and O–H groups in total. The summed E-state index contributed by atoms with van der Waals surface area (Å²) in [7, 11) is 0.